The fourth-order valence-electron chi connectivity index (χ4n) is 3.79. The van der Waals surface area contributed by atoms with Crippen LogP contribution < -0.4 is 0 Å². The summed E-state index contributed by atoms with van der Waals surface area (Å²) < 4.78 is 0. The molecular weight excluding hydrogens is 208 g/mol. The molecule has 0 atom stereocenters. The lowest BCUT2D eigenvalue weighted by Crippen LogP contribution is -2.36. The Morgan fingerprint density at radius 3 is 1.41 bits per heavy atom. The highest BCUT2D eigenvalue weighted by Crippen LogP contribution is 2.30. The van der Waals surface area contributed by atoms with Gasteiger partial charge in [-0.1, -0.05) is 38.5 Å². The molecular formula is C15H26N2. The first-order valence-electron chi connectivity index (χ1n) is 7.73. The normalized spacial score (nSPS) is 31.1. The minimum Gasteiger partial charge on any atom is -0.275 e. The summed E-state index contributed by atoms with van der Waals surface area (Å²) in [5, 5.41) is 0. The maximum Gasteiger partial charge on any atom is 0.147 e. The summed E-state index contributed by atoms with van der Waals surface area (Å²) in [7, 11) is 0. The lowest BCUT2D eigenvalue weighted by atomic mass is 9.94. The fourth-order valence-corrected chi connectivity index (χ4v) is 3.79. The SMILES string of the molecule is [C]1N(C2CCCCC2)CCN1C1CCCCC1. The average molecular weight is 234 g/mol. The van der Waals surface area contributed by atoms with Crippen LogP contribution >= 0.6 is 0 Å². The van der Waals surface area contributed by atoms with Crippen molar-refractivity contribution in [3.63, 3.8) is 0 Å². The van der Waals surface area contributed by atoms with Gasteiger partial charge in [-0.2, -0.15) is 0 Å². The first-order valence-corrected chi connectivity index (χ1v) is 7.73. The topological polar surface area (TPSA) is 6.48 Å². The van der Waals surface area contributed by atoms with Crippen molar-refractivity contribution in [2.75, 3.05) is 13.1 Å². The van der Waals surface area contributed by atoms with Crippen LogP contribution in [0.15, 0.2) is 0 Å². The van der Waals surface area contributed by atoms with Gasteiger partial charge in [0.1, 0.15) is 6.67 Å². The van der Waals surface area contributed by atoms with Crippen LogP contribution in [-0.4, -0.2) is 35.0 Å². The van der Waals surface area contributed by atoms with Gasteiger partial charge < -0.3 is 0 Å². The van der Waals surface area contributed by atoms with Gasteiger partial charge in [0.2, 0.25) is 0 Å². The highest BCUT2D eigenvalue weighted by atomic mass is 15.4. The van der Waals surface area contributed by atoms with Gasteiger partial charge in [-0.05, 0) is 25.7 Å². The van der Waals surface area contributed by atoms with Gasteiger partial charge in [-0.25, -0.2) is 0 Å². The van der Waals surface area contributed by atoms with E-state index in [1.165, 1.54) is 77.3 Å². The Hall–Kier alpha value is -0.0800. The Kier molecular flexibility index (Phi) is 4.02. The van der Waals surface area contributed by atoms with Crippen LogP contribution in [0.25, 0.3) is 0 Å². The van der Waals surface area contributed by atoms with Crippen molar-refractivity contribution in [3.8, 4) is 0 Å². The average Bonchev–Trinajstić information content (AvgIpc) is 2.90. The molecule has 2 aliphatic carbocycles. The lowest BCUT2D eigenvalue weighted by Gasteiger charge is -2.32. The fraction of sp³-hybridized carbons (Fsp3) is 0.933. The molecule has 2 nitrogen and oxygen atoms in total. The molecule has 3 fully saturated rings. The van der Waals surface area contributed by atoms with E-state index in [2.05, 4.69) is 16.5 Å². The van der Waals surface area contributed by atoms with E-state index in [1.807, 2.05) is 0 Å². The smallest absolute Gasteiger partial charge is 0.147 e. The number of nitrogens with zero attached hydrogens (tertiary/aromatic N) is 2. The van der Waals surface area contributed by atoms with Gasteiger partial charge in [0, 0.05) is 25.2 Å². The molecule has 0 bridgehead atoms. The quantitative estimate of drug-likeness (QED) is 0.723. The van der Waals surface area contributed by atoms with Gasteiger partial charge in [0.05, 0.1) is 0 Å². The van der Waals surface area contributed by atoms with E-state index in [0.29, 0.717) is 0 Å². The Bertz CT molecular complexity index is 205. The van der Waals surface area contributed by atoms with Crippen molar-refractivity contribution in [1.82, 2.24) is 9.80 Å². The lowest BCUT2D eigenvalue weighted by molar-refractivity contribution is 0.171. The minimum atomic E-state index is 0.817. The second-order valence-electron chi connectivity index (χ2n) is 6.07. The predicted molar refractivity (Wildman–Crippen MR) is 70.4 cm³/mol. The predicted octanol–water partition coefficient (Wildman–Crippen LogP) is 3.27. The zero-order valence-corrected chi connectivity index (χ0v) is 11.0. The maximum atomic E-state index is 3.70. The van der Waals surface area contributed by atoms with Crippen LogP contribution in [-0.2, 0) is 0 Å². The summed E-state index contributed by atoms with van der Waals surface area (Å²) >= 11 is 0. The highest BCUT2D eigenvalue weighted by Gasteiger charge is 2.32. The Labute approximate surface area is 106 Å². The van der Waals surface area contributed by atoms with Crippen molar-refractivity contribution in [2.24, 2.45) is 0 Å². The maximum absolute atomic E-state index is 3.70. The Balaban J connectivity index is 1.50. The standard InChI is InChI=1S/C15H26N2/c1-3-7-14(8-4-1)16-11-12-17(13-16)15-9-5-2-6-10-15/h14-15H,1-12H2. The van der Waals surface area contributed by atoms with E-state index in [4.69, 9.17) is 0 Å². The van der Waals surface area contributed by atoms with Gasteiger partial charge >= 0.3 is 0 Å². The number of hydrogen-bond acceptors (Lipinski definition) is 2. The molecule has 96 valence electrons. The molecule has 2 radical (unpaired) electrons. The second kappa shape index (κ2) is 5.71. The molecule has 3 rings (SSSR count). The third-order valence-electron chi connectivity index (χ3n) is 4.87. The van der Waals surface area contributed by atoms with Crippen molar-refractivity contribution >= 4 is 0 Å². The van der Waals surface area contributed by atoms with E-state index >= 15 is 0 Å². The van der Waals surface area contributed by atoms with Crippen LogP contribution in [0.3, 0.4) is 0 Å². The van der Waals surface area contributed by atoms with Crippen LogP contribution in [0.2, 0.25) is 0 Å². The summed E-state index contributed by atoms with van der Waals surface area (Å²) in [6.45, 7) is 6.17. The van der Waals surface area contributed by atoms with Gasteiger partial charge in [-0.15, -0.1) is 0 Å². The zero-order chi connectivity index (χ0) is 11.5. The molecule has 0 unspecified atom stereocenters. The third-order valence-corrected chi connectivity index (χ3v) is 4.87. The molecule has 0 spiro atoms. The molecule has 2 heteroatoms. The van der Waals surface area contributed by atoms with E-state index in [1.54, 1.807) is 0 Å². The summed E-state index contributed by atoms with van der Waals surface area (Å²) in [5.41, 5.74) is 0. The van der Waals surface area contributed by atoms with Crippen LogP contribution in [0, 0.1) is 6.67 Å². The molecule has 1 heterocycles. The highest BCUT2D eigenvalue weighted by molar-refractivity contribution is 4.91. The van der Waals surface area contributed by atoms with E-state index < -0.39 is 0 Å². The Morgan fingerprint density at radius 1 is 0.588 bits per heavy atom. The Morgan fingerprint density at radius 2 is 1.00 bits per heavy atom. The molecule has 17 heavy (non-hydrogen) atoms. The number of rotatable bonds is 2. The van der Waals surface area contributed by atoms with Gasteiger partial charge in [0.25, 0.3) is 0 Å². The van der Waals surface area contributed by atoms with E-state index in [9.17, 15) is 0 Å². The summed E-state index contributed by atoms with van der Waals surface area (Å²) in [6.07, 6.45) is 14.3. The molecule has 2 saturated carbocycles. The second-order valence-corrected chi connectivity index (χ2v) is 6.07. The molecule has 1 saturated heterocycles. The minimum absolute atomic E-state index is 0.817. The van der Waals surface area contributed by atoms with E-state index in [0.717, 1.165) is 12.1 Å². The molecule has 0 N–H and O–H groups in total. The number of hydrogen-bond donors (Lipinski definition) is 0. The van der Waals surface area contributed by atoms with Gasteiger partial charge in [0.15, 0.2) is 0 Å². The van der Waals surface area contributed by atoms with Crippen molar-refractivity contribution in [1.29, 1.82) is 0 Å². The van der Waals surface area contributed by atoms with Crippen LogP contribution in [0.5, 0.6) is 0 Å². The molecule has 3 aliphatic rings. The molecule has 0 aromatic rings. The third kappa shape index (κ3) is 2.85. The molecule has 0 amide bonds. The molecule has 1 aliphatic heterocycles. The summed E-state index contributed by atoms with van der Waals surface area (Å²) in [6, 6.07) is 1.63. The largest absolute Gasteiger partial charge is 0.275 e. The zero-order valence-electron chi connectivity index (χ0n) is 11.0. The summed E-state index contributed by atoms with van der Waals surface area (Å²) in [4.78, 5) is 5.07. The van der Waals surface area contributed by atoms with Crippen LogP contribution in [0.4, 0.5) is 0 Å². The van der Waals surface area contributed by atoms with Gasteiger partial charge in [-0.3, -0.25) is 9.80 Å². The van der Waals surface area contributed by atoms with Crippen molar-refractivity contribution in [2.45, 2.75) is 76.3 Å². The van der Waals surface area contributed by atoms with Crippen LogP contribution in [0.1, 0.15) is 64.2 Å². The molecule has 0 aromatic carbocycles. The molecule has 0 aromatic heterocycles. The first kappa shape index (κ1) is 12.0. The van der Waals surface area contributed by atoms with Crippen molar-refractivity contribution < 1.29 is 0 Å². The monoisotopic (exact) mass is 234 g/mol. The first-order chi connectivity index (χ1) is 8.43. The van der Waals surface area contributed by atoms with E-state index in [-0.39, 0.29) is 0 Å². The summed E-state index contributed by atoms with van der Waals surface area (Å²) in [5.74, 6) is 0. The van der Waals surface area contributed by atoms with Crippen molar-refractivity contribution in [3.05, 3.63) is 6.67 Å².